The van der Waals surface area contributed by atoms with E-state index >= 15 is 0 Å². The Bertz CT molecular complexity index is 441. The Kier molecular flexibility index (Phi) is 4.17. The van der Waals surface area contributed by atoms with Gasteiger partial charge < -0.3 is 4.90 Å². The van der Waals surface area contributed by atoms with Gasteiger partial charge in [-0.15, -0.1) is 11.3 Å². The van der Waals surface area contributed by atoms with E-state index in [1.807, 2.05) is 17.0 Å². The molecule has 3 nitrogen and oxygen atoms in total. The summed E-state index contributed by atoms with van der Waals surface area (Å²) < 4.78 is 0. The first-order valence-corrected chi connectivity index (χ1v) is 7.31. The number of hydrogen-bond donors (Lipinski definition) is 0. The minimum atomic E-state index is 0.252. The van der Waals surface area contributed by atoms with Crippen LogP contribution in [0.3, 0.4) is 0 Å². The molecule has 0 saturated carbocycles. The molecule has 1 aliphatic rings. The number of amides is 1. The molecule has 2 heterocycles. The first kappa shape index (κ1) is 13.3. The third kappa shape index (κ3) is 2.64. The van der Waals surface area contributed by atoms with Crippen LogP contribution in [0.1, 0.15) is 53.6 Å². The summed E-state index contributed by atoms with van der Waals surface area (Å²) in [5, 5.41) is 0. The van der Waals surface area contributed by atoms with E-state index in [-0.39, 0.29) is 5.91 Å². The molecule has 1 aromatic heterocycles. The van der Waals surface area contributed by atoms with E-state index in [1.165, 1.54) is 16.2 Å². The molecule has 1 amide bonds. The fourth-order valence-electron chi connectivity index (χ4n) is 2.43. The van der Waals surface area contributed by atoms with Gasteiger partial charge in [-0.1, -0.05) is 6.92 Å². The normalized spacial score (nSPS) is 22.0. The van der Waals surface area contributed by atoms with Crippen molar-refractivity contribution < 1.29 is 9.59 Å². The van der Waals surface area contributed by atoms with Crippen molar-refractivity contribution in [2.75, 3.05) is 6.54 Å². The molecule has 0 aliphatic carbocycles. The fourth-order valence-corrected chi connectivity index (χ4v) is 3.39. The van der Waals surface area contributed by atoms with Gasteiger partial charge in [0.15, 0.2) is 6.29 Å². The van der Waals surface area contributed by atoms with Crippen LogP contribution in [0.15, 0.2) is 12.1 Å². The second kappa shape index (κ2) is 5.65. The monoisotopic (exact) mass is 265 g/mol. The topological polar surface area (TPSA) is 37.4 Å². The number of aldehydes is 1. The molecule has 0 spiro atoms. The number of likely N-dealkylation sites (tertiary alicyclic amines) is 1. The molecule has 0 bridgehead atoms. The van der Waals surface area contributed by atoms with Crippen LogP contribution < -0.4 is 0 Å². The summed E-state index contributed by atoms with van der Waals surface area (Å²) in [5.74, 6) is 0.554. The van der Waals surface area contributed by atoms with Crippen LogP contribution >= 0.6 is 11.3 Å². The zero-order valence-corrected chi connectivity index (χ0v) is 11.7. The van der Waals surface area contributed by atoms with Gasteiger partial charge in [0.05, 0.1) is 4.88 Å². The lowest BCUT2D eigenvalue weighted by Gasteiger charge is -2.35. The third-order valence-electron chi connectivity index (χ3n) is 3.75. The van der Waals surface area contributed by atoms with E-state index in [1.54, 1.807) is 0 Å². The number of nitrogens with zero attached hydrogens (tertiary/aromatic N) is 1. The maximum atomic E-state index is 12.1. The largest absolute Gasteiger partial charge is 0.340 e. The van der Waals surface area contributed by atoms with Crippen molar-refractivity contribution in [1.29, 1.82) is 0 Å². The predicted molar refractivity (Wildman–Crippen MR) is 73.1 cm³/mol. The Hall–Kier alpha value is -1.16. The van der Waals surface area contributed by atoms with Gasteiger partial charge in [0.25, 0.3) is 0 Å². The molecular formula is C14H19NO2S. The SMILES string of the molecule is CCC(C)N1CCC(c2ccc(C=O)s2)CC1=O. The van der Waals surface area contributed by atoms with E-state index in [2.05, 4.69) is 13.8 Å². The zero-order valence-electron chi connectivity index (χ0n) is 10.9. The summed E-state index contributed by atoms with van der Waals surface area (Å²) in [5.41, 5.74) is 0. The van der Waals surface area contributed by atoms with Crippen molar-refractivity contribution in [2.24, 2.45) is 0 Å². The molecule has 2 unspecified atom stereocenters. The lowest BCUT2D eigenvalue weighted by Crippen LogP contribution is -2.43. The summed E-state index contributed by atoms with van der Waals surface area (Å²) in [4.78, 5) is 26.7. The quantitative estimate of drug-likeness (QED) is 0.785. The number of piperidine rings is 1. The summed E-state index contributed by atoms with van der Waals surface area (Å²) in [6.45, 7) is 5.06. The molecule has 1 fully saturated rings. The van der Waals surface area contributed by atoms with Gasteiger partial charge >= 0.3 is 0 Å². The first-order valence-electron chi connectivity index (χ1n) is 6.50. The fraction of sp³-hybridized carbons (Fsp3) is 0.571. The molecular weight excluding hydrogens is 246 g/mol. The average molecular weight is 265 g/mol. The molecule has 0 aromatic carbocycles. The van der Waals surface area contributed by atoms with Gasteiger partial charge in [0.2, 0.25) is 5.91 Å². The van der Waals surface area contributed by atoms with Gasteiger partial charge in [-0.3, -0.25) is 9.59 Å². The maximum absolute atomic E-state index is 12.1. The van der Waals surface area contributed by atoms with Crippen LogP contribution in [0.2, 0.25) is 0 Å². The summed E-state index contributed by atoms with van der Waals surface area (Å²) in [6.07, 6.45) is 3.48. The molecule has 2 atom stereocenters. The number of carbonyl (C=O) groups is 2. The van der Waals surface area contributed by atoms with E-state index in [0.29, 0.717) is 18.4 Å². The number of rotatable bonds is 4. The highest BCUT2D eigenvalue weighted by molar-refractivity contribution is 7.13. The van der Waals surface area contributed by atoms with E-state index in [0.717, 1.165) is 30.5 Å². The van der Waals surface area contributed by atoms with E-state index in [9.17, 15) is 9.59 Å². The highest BCUT2D eigenvalue weighted by atomic mass is 32.1. The standard InChI is InChI=1S/C14H19NO2S/c1-3-10(2)15-7-6-11(8-14(15)17)13-5-4-12(9-16)18-13/h4-5,9-11H,3,6-8H2,1-2H3. The Morgan fingerprint density at radius 1 is 1.56 bits per heavy atom. The Morgan fingerprint density at radius 3 is 2.89 bits per heavy atom. The van der Waals surface area contributed by atoms with Crippen LogP contribution in [0.25, 0.3) is 0 Å². The van der Waals surface area contributed by atoms with Crippen LogP contribution in [0.4, 0.5) is 0 Å². The molecule has 1 aliphatic heterocycles. The molecule has 18 heavy (non-hydrogen) atoms. The smallest absolute Gasteiger partial charge is 0.223 e. The van der Waals surface area contributed by atoms with E-state index < -0.39 is 0 Å². The lowest BCUT2D eigenvalue weighted by molar-refractivity contribution is -0.136. The third-order valence-corrected chi connectivity index (χ3v) is 4.92. The minimum Gasteiger partial charge on any atom is -0.340 e. The summed E-state index contributed by atoms with van der Waals surface area (Å²) >= 11 is 1.52. The Balaban J connectivity index is 2.03. The van der Waals surface area contributed by atoms with Crippen LogP contribution in [0.5, 0.6) is 0 Å². The summed E-state index contributed by atoms with van der Waals surface area (Å²) in [6, 6.07) is 4.18. The number of thiophene rings is 1. The van der Waals surface area contributed by atoms with Gasteiger partial charge in [0, 0.05) is 29.8 Å². The minimum absolute atomic E-state index is 0.252. The molecule has 1 aromatic rings. The summed E-state index contributed by atoms with van der Waals surface area (Å²) in [7, 11) is 0. The lowest BCUT2D eigenvalue weighted by atomic mass is 9.93. The first-order chi connectivity index (χ1) is 8.65. The van der Waals surface area contributed by atoms with Crippen LogP contribution in [-0.4, -0.2) is 29.7 Å². The van der Waals surface area contributed by atoms with Crippen LogP contribution in [-0.2, 0) is 4.79 Å². The van der Waals surface area contributed by atoms with Crippen molar-refractivity contribution in [3.63, 3.8) is 0 Å². The zero-order chi connectivity index (χ0) is 13.1. The molecule has 4 heteroatoms. The number of hydrogen-bond acceptors (Lipinski definition) is 3. The predicted octanol–water partition coefficient (Wildman–Crippen LogP) is 3.07. The van der Waals surface area contributed by atoms with Gasteiger partial charge in [-0.2, -0.15) is 0 Å². The van der Waals surface area contributed by atoms with Crippen LogP contribution in [0, 0.1) is 0 Å². The van der Waals surface area contributed by atoms with Gasteiger partial charge in [-0.25, -0.2) is 0 Å². The van der Waals surface area contributed by atoms with Crippen molar-refractivity contribution in [3.8, 4) is 0 Å². The van der Waals surface area contributed by atoms with Crippen molar-refractivity contribution in [1.82, 2.24) is 4.90 Å². The second-order valence-corrected chi connectivity index (χ2v) is 6.04. The van der Waals surface area contributed by atoms with Crippen molar-refractivity contribution >= 4 is 23.5 Å². The molecule has 98 valence electrons. The molecule has 2 rings (SSSR count). The Morgan fingerprint density at radius 2 is 2.33 bits per heavy atom. The van der Waals surface area contributed by atoms with Crippen molar-refractivity contribution in [2.45, 2.75) is 45.1 Å². The van der Waals surface area contributed by atoms with Crippen molar-refractivity contribution in [3.05, 3.63) is 21.9 Å². The average Bonchev–Trinajstić information content (AvgIpc) is 2.86. The van der Waals surface area contributed by atoms with Gasteiger partial charge in [-0.05, 0) is 31.9 Å². The van der Waals surface area contributed by atoms with E-state index in [4.69, 9.17) is 0 Å². The molecule has 0 radical (unpaired) electrons. The molecule has 0 N–H and O–H groups in total. The highest BCUT2D eigenvalue weighted by Crippen LogP contribution is 2.33. The Labute approximate surface area is 112 Å². The highest BCUT2D eigenvalue weighted by Gasteiger charge is 2.29. The maximum Gasteiger partial charge on any atom is 0.223 e. The number of carbonyl (C=O) groups excluding carboxylic acids is 2. The van der Waals surface area contributed by atoms with Gasteiger partial charge in [0.1, 0.15) is 0 Å². The second-order valence-electron chi connectivity index (χ2n) is 4.89. The molecule has 1 saturated heterocycles.